The summed E-state index contributed by atoms with van der Waals surface area (Å²) in [5.41, 5.74) is 0.917. The third-order valence-corrected chi connectivity index (χ3v) is 4.77. The summed E-state index contributed by atoms with van der Waals surface area (Å²) in [5.74, 6) is 1.40. The van der Waals surface area contributed by atoms with Gasteiger partial charge in [0, 0.05) is 18.7 Å². The van der Waals surface area contributed by atoms with Crippen molar-refractivity contribution in [3.8, 4) is 11.5 Å². The minimum Gasteiger partial charge on any atom is -0.497 e. The Bertz CT molecular complexity index is 843. The van der Waals surface area contributed by atoms with E-state index in [4.69, 9.17) is 25.8 Å². The number of methoxy groups -OCH3 is 2. The standard InChI is InChI=1S/C19H23ClN4O4/c1-12(14-10-13(26-2)4-5-16(14)27-3)22-18(25)17-15(20)11-21-19(23-17)24-6-8-28-9-7-24/h4-5,10-12H,6-9H2,1-3H3,(H,22,25)/t12-/m0/s1. The SMILES string of the molecule is COc1ccc(OC)c([C@H](C)NC(=O)c2nc(N3CCOCC3)ncc2Cl)c1. The number of morpholine rings is 1. The second kappa shape index (κ2) is 9.07. The number of nitrogens with zero attached hydrogens (tertiary/aromatic N) is 3. The van der Waals surface area contributed by atoms with Crippen molar-refractivity contribution in [1.29, 1.82) is 0 Å². The second-order valence-electron chi connectivity index (χ2n) is 6.27. The zero-order valence-electron chi connectivity index (χ0n) is 16.1. The number of nitrogens with one attached hydrogen (secondary N) is 1. The van der Waals surface area contributed by atoms with Crippen LogP contribution >= 0.6 is 11.6 Å². The second-order valence-corrected chi connectivity index (χ2v) is 6.68. The largest absolute Gasteiger partial charge is 0.497 e. The van der Waals surface area contributed by atoms with Crippen LogP contribution in [0.3, 0.4) is 0 Å². The molecule has 0 unspecified atom stereocenters. The first-order valence-corrected chi connectivity index (χ1v) is 9.29. The number of ether oxygens (including phenoxy) is 3. The van der Waals surface area contributed by atoms with Crippen LogP contribution < -0.4 is 19.7 Å². The minimum absolute atomic E-state index is 0.131. The van der Waals surface area contributed by atoms with Crippen molar-refractivity contribution in [2.24, 2.45) is 0 Å². The number of hydrogen-bond donors (Lipinski definition) is 1. The molecule has 1 aromatic heterocycles. The Labute approximate surface area is 168 Å². The highest BCUT2D eigenvalue weighted by Crippen LogP contribution is 2.29. The van der Waals surface area contributed by atoms with Gasteiger partial charge in [0.1, 0.15) is 11.5 Å². The third kappa shape index (κ3) is 4.45. The zero-order chi connectivity index (χ0) is 20.1. The van der Waals surface area contributed by atoms with Crippen LogP contribution in [0, 0.1) is 0 Å². The number of rotatable bonds is 6. The predicted molar refractivity (Wildman–Crippen MR) is 106 cm³/mol. The Kier molecular flexibility index (Phi) is 6.53. The molecule has 1 amide bonds. The van der Waals surface area contributed by atoms with Crippen LogP contribution in [0.25, 0.3) is 0 Å². The fourth-order valence-corrected chi connectivity index (χ4v) is 3.13. The fourth-order valence-electron chi connectivity index (χ4n) is 2.95. The Hall–Kier alpha value is -2.58. The normalized spacial score (nSPS) is 15.1. The Balaban J connectivity index is 1.80. The average Bonchev–Trinajstić information content (AvgIpc) is 2.74. The van der Waals surface area contributed by atoms with Gasteiger partial charge in [-0.25, -0.2) is 9.97 Å². The first-order chi connectivity index (χ1) is 13.5. The molecule has 1 aliphatic heterocycles. The minimum atomic E-state index is -0.390. The lowest BCUT2D eigenvalue weighted by Gasteiger charge is -2.27. The van der Waals surface area contributed by atoms with E-state index in [1.807, 2.05) is 17.9 Å². The van der Waals surface area contributed by atoms with Gasteiger partial charge >= 0.3 is 0 Å². The summed E-state index contributed by atoms with van der Waals surface area (Å²) in [4.78, 5) is 23.4. The van der Waals surface area contributed by atoms with Crippen molar-refractivity contribution in [2.75, 3.05) is 45.4 Å². The molecule has 0 radical (unpaired) electrons. The van der Waals surface area contributed by atoms with Crippen LogP contribution in [0.5, 0.6) is 11.5 Å². The summed E-state index contributed by atoms with van der Waals surface area (Å²) in [6.45, 7) is 4.38. The maximum Gasteiger partial charge on any atom is 0.272 e. The van der Waals surface area contributed by atoms with E-state index in [1.165, 1.54) is 6.20 Å². The zero-order valence-corrected chi connectivity index (χ0v) is 16.8. The maximum absolute atomic E-state index is 12.8. The molecule has 0 bridgehead atoms. The Morgan fingerprint density at radius 1 is 1.29 bits per heavy atom. The summed E-state index contributed by atoms with van der Waals surface area (Å²) in [6, 6.07) is 5.07. The molecule has 0 spiro atoms. The van der Waals surface area contributed by atoms with Gasteiger partial charge in [-0.05, 0) is 25.1 Å². The van der Waals surface area contributed by atoms with Crippen LogP contribution in [-0.2, 0) is 4.74 Å². The molecule has 1 saturated heterocycles. The van der Waals surface area contributed by atoms with Crippen molar-refractivity contribution in [3.05, 3.63) is 40.7 Å². The number of carbonyl (C=O) groups is 1. The lowest BCUT2D eigenvalue weighted by atomic mass is 10.1. The number of amides is 1. The number of carbonyl (C=O) groups excluding carboxylic acids is 1. The van der Waals surface area contributed by atoms with Gasteiger partial charge in [0.25, 0.3) is 5.91 Å². The van der Waals surface area contributed by atoms with Gasteiger partial charge in [-0.2, -0.15) is 0 Å². The van der Waals surface area contributed by atoms with E-state index in [9.17, 15) is 4.79 Å². The first kappa shape index (κ1) is 20.2. The average molecular weight is 407 g/mol. The highest BCUT2D eigenvalue weighted by Gasteiger charge is 2.22. The van der Waals surface area contributed by atoms with Crippen molar-refractivity contribution in [1.82, 2.24) is 15.3 Å². The molecule has 2 heterocycles. The Morgan fingerprint density at radius 2 is 2.04 bits per heavy atom. The molecule has 1 fully saturated rings. The highest BCUT2D eigenvalue weighted by atomic mass is 35.5. The number of halogens is 1. The molecular formula is C19H23ClN4O4. The van der Waals surface area contributed by atoms with Gasteiger partial charge < -0.3 is 24.4 Å². The number of aromatic nitrogens is 2. The van der Waals surface area contributed by atoms with Crippen LogP contribution in [0.4, 0.5) is 5.95 Å². The van der Waals surface area contributed by atoms with Crippen LogP contribution in [0.15, 0.2) is 24.4 Å². The molecule has 150 valence electrons. The van der Waals surface area contributed by atoms with Gasteiger partial charge in [-0.1, -0.05) is 11.6 Å². The van der Waals surface area contributed by atoms with Crippen molar-refractivity contribution in [2.45, 2.75) is 13.0 Å². The van der Waals surface area contributed by atoms with Crippen molar-refractivity contribution < 1.29 is 19.0 Å². The smallest absolute Gasteiger partial charge is 0.272 e. The Morgan fingerprint density at radius 3 is 2.71 bits per heavy atom. The first-order valence-electron chi connectivity index (χ1n) is 8.91. The van der Waals surface area contributed by atoms with E-state index in [2.05, 4.69) is 15.3 Å². The summed E-state index contributed by atoms with van der Waals surface area (Å²) < 4.78 is 16.0. The molecule has 1 aromatic carbocycles. The molecule has 9 heteroatoms. The summed E-state index contributed by atoms with van der Waals surface area (Å²) >= 11 is 6.19. The van der Waals surface area contributed by atoms with Crippen LogP contribution in [0.2, 0.25) is 5.02 Å². The van der Waals surface area contributed by atoms with Gasteiger partial charge in [-0.3, -0.25) is 4.79 Å². The predicted octanol–water partition coefficient (Wildman–Crippen LogP) is 2.47. The molecule has 1 atom stereocenters. The van der Waals surface area contributed by atoms with Gasteiger partial charge in [-0.15, -0.1) is 0 Å². The quantitative estimate of drug-likeness (QED) is 0.788. The molecular weight excluding hydrogens is 384 g/mol. The van der Waals surface area contributed by atoms with Crippen LogP contribution in [0.1, 0.15) is 29.0 Å². The molecule has 1 aliphatic rings. The highest BCUT2D eigenvalue weighted by molar-refractivity contribution is 6.33. The van der Waals surface area contributed by atoms with E-state index < -0.39 is 0 Å². The number of hydrogen-bond acceptors (Lipinski definition) is 7. The molecule has 8 nitrogen and oxygen atoms in total. The molecule has 2 aromatic rings. The van der Waals surface area contributed by atoms with Gasteiger partial charge in [0.15, 0.2) is 5.69 Å². The maximum atomic E-state index is 12.8. The molecule has 0 aliphatic carbocycles. The molecule has 0 saturated carbocycles. The molecule has 28 heavy (non-hydrogen) atoms. The number of anilines is 1. The van der Waals surface area contributed by atoms with Crippen LogP contribution in [-0.4, -0.2) is 56.4 Å². The third-order valence-electron chi connectivity index (χ3n) is 4.49. The van der Waals surface area contributed by atoms with Gasteiger partial charge in [0.2, 0.25) is 5.95 Å². The molecule has 3 rings (SSSR count). The van der Waals surface area contributed by atoms with E-state index in [0.29, 0.717) is 43.8 Å². The fraction of sp³-hybridized carbons (Fsp3) is 0.421. The van der Waals surface area contributed by atoms with E-state index >= 15 is 0 Å². The summed E-state index contributed by atoms with van der Waals surface area (Å²) in [7, 11) is 3.17. The number of benzene rings is 1. The summed E-state index contributed by atoms with van der Waals surface area (Å²) in [5, 5.41) is 3.11. The topological polar surface area (TPSA) is 85.8 Å². The monoisotopic (exact) mass is 406 g/mol. The summed E-state index contributed by atoms with van der Waals surface area (Å²) in [6.07, 6.45) is 1.45. The van der Waals surface area contributed by atoms with Crippen molar-refractivity contribution in [3.63, 3.8) is 0 Å². The lowest BCUT2D eigenvalue weighted by molar-refractivity contribution is 0.0934. The van der Waals surface area contributed by atoms with E-state index in [1.54, 1.807) is 26.4 Å². The molecule has 1 N–H and O–H groups in total. The van der Waals surface area contributed by atoms with E-state index in [0.717, 1.165) is 5.56 Å². The van der Waals surface area contributed by atoms with Crippen molar-refractivity contribution >= 4 is 23.5 Å². The van der Waals surface area contributed by atoms with E-state index in [-0.39, 0.29) is 22.7 Å². The van der Waals surface area contributed by atoms with Gasteiger partial charge in [0.05, 0.1) is 44.7 Å². The lowest BCUT2D eigenvalue weighted by Crippen LogP contribution is -2.38.